The fourth-order valence-corrected chi connectivity index (χ4v) is 1.74. The van der Waals surface area contributed by atoms with Gasteiger partial charge in [0.1, 0.15) is 11.1 Å². The summed E-state index contributed by atoms with van der Waals surface area (Å²) in [6.45, 7) is -0.252. The van der Waals surface area contributed by atoms with Crippen molar-refractivity contribution < 1.29 is 24.9 Å². The van der Waals surface area contributed by atoms with Gasteiger partial charge in [0.15, 0.2) is 6.10 Å². The second kappa shape index (κ2) is 5.17. The van der Waals surface area contributed by atoms with Gasteiger partial charge in [-0.2, -0.15) is 0 Å². The van der Waals surface area contributed by atoms with Gasteiger partial charge in [0, 0.05) is 5.38 Å². The molecule has 0 amide bonds. The van der Waals surface area contributed by atoms with Gasteiger partial charge >= 0.3 is 5.97 Å². The highest BCUT2D eigenvalue weighted by Crippen LogP contribution is 2.21. The fraction of sp³-hybridized carbons (Fsp3) is 0.500. The van der Waals surface area contributed by atoms with Crippen LogP contribution < -0.4 is 0 Å². The Hall–Kier alpha value is -1.02. The van der Waals surface area contributed by atoms with Gasteiger partial charge in [-0.15, -0.1) is 11.3 Å². The molecule has 84 valence electrons. The summed E-state index contributed by atoms with van der Waals surface area (Å²) in [5, 5.41) is 29.2. The van der Waals surface area contributed by atoms with Crippen molar-refractivity contribution in [2.24, 2.45) is 0 Å². The zero-order valence-corrected chi connectivity index (χ0v) is 8.77. The Morgan fingerprint density at radius 3 is 2.80 bits per heavy atom. The highest BCUT2D eigenvalue weighted by Gasteiger charge is 2.28. The van der Waals surface area contributed by atoms with E-state index in [4.69, 9.17) is 5.11 Å². The van der Waals surface area contributed by atoms with Crippen LogP contribution in [0.4, 0.5) is 0 Å². The number of aliphatic hydroxyl groups excluding tert-OH is 3. The largest absolute Gasteiger partial charge is 0.467 e. The topological polar surface area (TPSA) is 99.9 Å². The number of methoxy groups -OCH3 is 1. The molecule has 1 heterocycles. The first-order valence-electron chi connectivity index (χ1n) is 4.09. The smallest absolute Gasteiger partial charge is 0.337 e. The Kier molecular flexibility index (Phi) is 4.15. The molecule has 1 rings (SSSR count). The third-order valence-electron chi connectivity index (χ3n) is 1.73. The van der Waals surface area contributed by atoms with Crippen molar-refractivity contribution in [1.82, 2.24) is 4.98 Å². The van der Waals surface area contributed by atoms with Gasteiger partial charge in [0.2, 0.25) is 0 Å². The van der Waals surface area contributed by atoms with Gasteiger partial charge in [0.25, 0.3) is 0 Å². The third kappa shape index (κ3) is 2.72. The van der Waals surface area contributed by atoms with E-state index in [1.54, 1.807) is 0 Å². The van der Waals surface area contributed by atoms with Crippen LogP contribution in [-0.4, -0.2) is 39.5 Å². The van der Waals surface area contributed by atoms with Crippen LogP contribution in [0.2, 0.25) is 0 Å². The number of thiazole rings is 1. The lowest BCUT2D eigenvalue weighted by Crippen LogP contribution is -2.28. The second-order valence-corrected chi connectivity index (χ2v) is 3.64. The van der Waals surface area contributed by atoms with Crippen molar-refractivity contribution in [1.29, 1.82) is 0 Å². The van der Waals surface area contributed by atoms with Crippen LogP contribution in [-0.2, 0) is 16.1 Å². The predicted octanol–water partition coefficient (Wildman–Crippen LogP) is -0.797. The van der Waals surface area contributed by atoms with Gasteiger partial charge in [-0.1, -0.05) is 0 Å². The first-order valence-corrected chi connectivity index (χ1v) is 4.97. The quantitative estimate of drug-likeness (QED) is 0.589. The molecule has 0 saturated carbocycles. The zero-order valence-electron chi connectivity index (χ0n) is 7.95. The van der Waals surface area contributed by atoms with Gasteiger partial charge in [-0.25, -0.2) is 9.78 Å². The number of carbonyl (C=O) groups is 1. The van der Waals surface area contributed by atoms with Crippen molar-refractivity contribution in [2.75, 3.05) is 7.11 Å². The average molecular weight is 233 g/mol. The van der Waals surface area contributed by atoms with E-state index in [1.807, 2.05) is 0 Å². The number of ether oxygens (including phenoxy) is 1. The van der Waals surface area contributed by atoms with E-state index in [9.17, 15) is 15.0 Å². The second-order valence-electron chi connectivity index (χ2n) is 2.75. The Labute approximate surface area is 89.8 Å². The molecule has 7 heteroatoms. The molecule has 0 aliphatic heterocycles. The molecule has 0 aromatic carbocycles. The summed E-state index contributed by atoms with van der Waals surface area (Å²) >= 11 is 1.05. The number of hydrogen-bond acceptors (Lipinski definition) is 7. The highest BCUT2D eigenvalue weighted by atomic mass is 32.1. The zero-order chi connectivity index (χ0) is 11.4. The maximum atomic E-state index is 10.9. The first-order chi connectivity index (χ1) is 7.10. The van der Waals surface area contributed by atoms with Gasteiger partial charge < -0.3 is 20.1 Å². The maximum Gasteiger partial charge on any atom is 0.337 e. The molecular formula is C8H11NO5S. The van der Waals surface area contributed by atoms with Crippen LogP contribution in [0.5, 0.6) is 0 Å². The summed E-state index contributed by atoms with van der Waals surface area (Å²) in [4.78, 5) is 14.7. The number of rotatable bonds is 4. The molecule has 3 N–H and O–H groups in total. The molecule has 0 fully saturated rings. The Morgan fingerprint density at radius 2 is 2.33 bits per heavy atom. The van der Waals surface area contributed by atoms with Gasteiger partial charge in [-0.05, 0) is 0 Å². The highest BCUT2D eigenvalue weighted by molar-refractivity contribution is 7.09. The monoisotopic (exact) mass is 233 g/mol. The van der Waals surface area contributed by atoms with Crippen molar-refractivity contribution in [3.05, 3.63) is 16.1 Å². The third-order valence-corrected chi connectivity index (χ3v) is 2.69. The molecule has 0 bridgehead atoms. The first kappa shape index (κ1) is 12.1. The van der Waals surface area contributed by atoms with Crippen molar-refractivity contribution in [2.45, 2.75) is 18.8 Å². The van der Waals surface area contributed by atoms with Crippen LogP contribution in [0.15, 0.2) is 5.38 Å². The van der Waals surface area contributed by atoms with E-state index in [0.29, 0.717) is 5.69 Å². The number of nitrogens with zero attached hydrogens (tertiary/aromatic N) is 1. The SMILES string of the molecule is COC(=O)C(O)C(O)c1nc(CO)cs1. The van der Waals surface area contributed by atoms with E-state index in [-0.39, 0.29) is 11.6 Å². The number of carbonyl (C=O) groups excluding carboxylic acids is 1. The molecular weight excluding hydrogens is 222 g/mol. The molecule has 0 aliphatic carbocycles. The Bertz CT molecular complexity index is 340. The van der Waals surface area contributed by atoms with Gasteiger partial charge in [0.05, 0.1) is 19.4 Å². The van der Waals surface area contributed by atoms with E-state index in [1.165, 1.54) is 5.38 Å². The summed E-state index contributed by atoms with van der Waals surface area (Å²) in [6.07, 6.45) is -3.09. The van der Waals surface area contributed by atoms with E-state index >= 15 is 0 Å². The van der Waals surface area contributed by atoms with E-state index in [0.717, 1.165) is 18.4 Å². The Morgan fingerprint density at radius 1 is 1.67 bits per heavy atom. The Balaban J connectivity index is 2.75. The molecule has 0 spiro atoms. The lowest BCUT2D eigenvalue weighted by Gasteiger charge is -2.12. The number of esters is 1. The van der Waals surface area contributed by atoms with Crippen molar-refractivity contribution in [3.63, 3.8) is 0 Å². The lowest BCUT2D eigenvalue weighted by atomic mass is 10.2. The molecule has 1 aromatic rings. The summed E-state index contributed by atoms with van der Waals surface area (Å²) in [7, 11) is 1.11. The molecule has 2 unspecified atom stereocenters. The summed E-state index contributed by atoms with van der Waals surface area (Å²) < 4.78 is 4.27. The minimum Gasteiger partial charge on any atom is -0.467 e. The van der Waals surface area contributed by atoms with Crippen LogP contribution in [0.3, 0.4) is 0 Å². The summed E-state index contributed by atoms with van der Waals surface area (Å²) in [6, 6.07) is 0. The van der Waals surface area contributed by atoms with Crippen LogP contribution in [0, 0.1) is 0 Å². The normalized spacial score (nSPS) is 14.7. The molecule has 15 heavy (non-hydrogen) atoms. The number of aliphatic hydroxyl groups is 3. The van der Waals surface area contributed by atoms with Crippen LogP contribution >= 0.6 is 11.3 Å². The van der Waals surface area contributed by atoms with E-state index in [2.05, 4.69) is 9.72 Å². The standard InChI is InChI=1S/C8H11NO5S/c1-14-8(13)6(12)5(11)7-9-4(2-10)3-15-7/h3,5-6,10-12H,2H2,1H3. The van der Waals surface area contributed by atoms with Crippen molar-refractivity contribution in [3.8, 4) is 0 Å². The molecule has 6 nitrogen and oxygen atoms in total. The van der Waals surface area contributed by atoms with E-state index < -0.39 is 18.2 Å². The molecule has 0 radical (unpaired) electrons. The predicted molar refractivity (Wildman–Crippen MR) is 51.0 cm³/mol. The van der Waals surface area contributed by atoms with Gasteiger partial charge in [-0.3, -0.25) is 0 Å². The van der Waals surface area contributed by atoms with Crippen LogP contribution in [0.25, 0.3) is 0 Å². The molecule has 0 saturated heterocycles. The fourth-order valence-electron chi connectivity index (χ4n) is 0.916. The average Bonchev–Trinajstić information content (AvgIpc) is 2.74. The number of hydrogen-bond donors (Lipinski definition) is 3. The minimum absolute atomic E-state index is 0.164. The van der Waals surface area contributed by atoms with Crippen LogP contribution in [0.1, 0.15) is 16.8 Å². The van der Waals surface area contributed by atoms with Crippen molar-refractivity contribution >= 4 is 17.3 Å². The lowest BCUT2D eigenvalue weighted by molar-refractivity contribution is -0.156. The minimum atomic E-state index is -1.66. The summed E-state index contributed by atoms with van der Waals surface area (Å²) in [5.41, 5.74) is 0.381. The molecule has 1 aromatic heterocycles. The maximum absolute atomic E-state index is 10.9. The summed E-state index contributed by atoms with van der Waals surface area (Å²) in [5.74, 6) is -0.928. The molecule has 2 atom stereocenters. The molecule has 0 aliphatic rings. The number of aromatic nitrogens is 1.